The van der Waals surface area contributed by atoms with Gasteiger partial charge in [-0.1, -0.05) is 25.1 Å². The van der Waals surface area contributed by atoms with Crippen LogP contribution in [0.1, 0.15) is 37.2 Å². The van der Waals surface area contributed by atoms with Crippen LogP contribution in [-0.4, -0.2) is 44.8 Å². The molecule has 0 saturated carbocycles. The van der Waals surface area contributed by atoms with Gasteiger partial charge in [-0.2, -0.15) is 5.10 Å². The fraction of sp³-hybridized carbons (Fsp3) is 0.476. The topological polar surface area (TPSA) is 82.9 Å². The Kier molecular flexibility index (Phi) is 7.51. The van der Waals surface area contributed by atoms with Gasteiger partial charge >= 0.3 is 0 Å². The molecule has 0 saturated heterocycles. The van der Waals surface area contributed by atoms with E-state index >= 15 is 0 Å². The molecule has 0 radical (unpaired) electrons. The van der Waals surface area contributed by atoms with E-state index in [1.807, 2.05) is 4.68 Å². The van der Waals surface area contributed by atoms with E-state index < -0.39 is 0 Å². The third-order valence-electron chi connectivity index (χ3n) is 5.41. The van der Waals surface area contributed by atoms with Crippen molar-refractivity contribution in [2.24, 2.45) is 4.99 Å². The standard InChI is InChI=1S/C21H29N7.HI/c1-3-15-6-5-7-18-16(12-24-20(15)18)10-11-23-21(22-4-2)27-17-8-9-19-25-14-26-28(19)13-17;/h5-7,12,14,17,24H,3-4,8-11,13H2,1-2H3,(H2,22,23,27);1H. The van der Waals surface area contributed by atoms with Gasteiger partial charge in [0.1, 0.15) is 12.2 Å². The number of guanidine groups is 1. The number of hydrogen-bond donors (Lipinski definition) is 3. The predicted octanol–water partition coefficient (Wildman–Crippen LogP) is 3.05. The van der Waals surface area contributed by atoms with E-state index in [2.05, 4.69) is 63.9 Å². The summed E-state index contributed by atoms with van der Waals surface area (Å²) in [6.07, 6.45) is 7.73. The van der Waals surface area contributed by atoms with Gasteiger partial charge in [-0.3, -0.25) is 4.99 Å². The Bertz CT molecular complexity index is 959. The summed E-state index contributed by atoms with van der Waals surface area (Å²) in [6, 6.07) is 6.87. The van der Waals surface area contributed by atoms with Gasteiger partial charge in [-0.15, -0.1) is 24.0 Å². The van der Waals surface area contributed by atoms with E-state index in [0.717, 1.165) is 57.1 Å². The lowest BCUT2D eigenvalue weighted by Crippen LogP contribution is -2.47. The van der Waals surface area contributed by atoms with Crippen molar-refractivity contribution in [1.82, 2.24) is 30.4 Å². The van der Waals surface area contributed by atoms with Crippen LogP contribution in [0.4, 0.5) is 0 Å². The van der Waals surface area contributed by atoms with Crippen molar-refractivity contribution in [3.63, 3.8) is 0 Å². The third kappa shape index (κ3) is 4.91. The second-order valence-corrected chi connectivity index (χ2v) is 7.26. The first kappa shape index (κ1) is 21.6. The van der Waals surface area contributed by atoms with E-state index in [-0.39, 0.29) is 24.0 Å². The zero-order valence-electron chi connectivity index (χ0n) is 17.1. The number of aromatic amines is 1. The molecule has 8 heteroatoms. The first-order valence-electron chi connectivity index (χ1n) is 10.3. The predicted molar refractivity (Wildman–Crippen MR) is 128 cm³/mol. The van der Waals surface area contributed by atoms with Crippen LogP contribution in [-0.2, 0) is 25.8 Å². The number of benzene rings is 1. The van der Waals surface area contributed by atoms with Crippen molar-refractivity contribution >= 4 is 40.8 Å². The Morgan fingerprint density at radius 1 is 1.31 bits per heavy atom. The average Bonchev–Trinajstić information content (AvgIpc) is 3.34. The number of hydrogen-bond acceptors (Lipinski definition) is 3. The largest absolute Gasteiger partial charge is 0.361 e. The summed E-state index contributed by atoms with van der Waals surface area (Å²) in [7, 11) is 0. The molecule has 156 valence electrons. The molecule has 0 aliphatic carbocycles. The minimum atomic E-state index is 0. The molecule has 0 spiro atoms. The number of H-pyrrole nitrogens is 1. The van der Waals surface area contributed by atoms with Gasteiger partial charge in [0, 0.05) is 42.7 Å². The van der Waals surface area contributed by atoms with Crippen molar-refractivity contribution in [2.75, 3.05) is 13.1 Å². The highest BCUT2D eigenvalue weighted by Crippen LogP contribution is 2.22. The summed E-state index contributed by atoms with van der Waals surface area (Å²) >= 11 is 0. The molecule has 1 unspecified atom stereocenters. The fourth-order valence-electron chi connectivity index (χ4n) is 3.93. The molecule has 7 nitrogen and oxygen atoms in total. The van der Waals surface area contributed by atoms with Crippen LogP contribution in [0.2, 0.25) is 0 Å². The van der Waals surface area contributed by atoms with Crippen LogP contribution < -0.4 is 10.6 Å². The maximum Gasteiger partial charge on any atom is 0.191 e. The molecule has 3 aromatic rings. The lowest BCUT2D eigenvalue weighted by molar-refractivity contribution is 0.393. The molecule has 0 bridgehead atoms. The maximum atomic E-state index is 4.81. The molecule has 0 fully saturated rings. The Morgan fingerprint density at radius 3 is 3.03 bits per heavy atom. The Labute approximate surface area is 188 Å². The van der Waals surface area contributed by atoms with E-state index in [1.54, 1.807) is 6.33 Å². The van der Waals surface area contributed by atoms with E-state index in [1.165, 1.54) is 22.0 Å². The summed E-state index contributed by atoms with van der Waals surface area (Å²) < 4.78 is 1.99. The average molecular weight is 507 g/mol. The summed E-state index contributed by atoms with van der Waals surface area (Å²) in [5.74, 6) is 1.95. The summed E-state index contributed by atoms with van der Waals surface area (Å²) in [5, 5.41) is 12.6. The van der Waals surface area contributed by atoms with Gasteiger partial charge in [-0.05, 0) is 37.3 Å². The number of halogens is 1. The van der Waals surface area contributed by atoms with Gasteiger partial charge in [-0.25, -0.2) is 9.67 Å². The van der Waals surface area contributed by atoms with Crippen LogP contribution in [0, 0.1) is 0 Å². The molecule has 4 rings (SSSR count). The van der Waals surface area contributed by atoms with Crippen molar-refractivity contribution in [3.05, 3.63) is 47.7 Å². The molecule has 0 amide bonds. The summed E-state index contributed by atoms with van der Waals surface area (Å²) in [6.45, 7) is 6.73. The normalized spacial score (nSPS) is 16.3. The van der Waals surface area contributed by atoms with Gasteiger partial charge in [0.15, 0.2) is 5.96 Å². The third-order valence-corrected chi connectivity index (χ3v) is 5.41. The van der Waals surface area contributed by atoms with E-state index in [0.29, 0.717) is 6.04 Å². The Hall–Kier alpha value is -2.10. The first-order chi connectivity index (χ1) is 13.8. The zero-order chi connectivity index (χ0) is 19.3. The fourth-order valence-corrected chi connectivity index (χ4v) is 3.93. The minimum Gasteiger partial charge on any atom is -0.361 e. The van der Waals surface area contributed by atoms with Crippen LogP contribution >= 0.6 is 24.0 Å². The van der Waals surface area contributed by atoms with Gasteiger partial charge in [0.25, 0.3) is 0 Å². The monoisotopic (exact) mass is 507 g/mol. The number of fused-ring (bicyclic) bond motifs is 2. The van der Waals surface area contributed by atoms with Gasteiger partial charge < -0.3 is 15.6 Å². The van der Waals surface area contributed by atoms with Gasteiger partial charge in [0.05, 0.1) is 6.54 Å². The Balaban J connectivity index is 0.00000240. The molecular formula is C21H30IN7. The molecule has 29 heavy (non-hydrogen) atoms. The maximum absolute atomic E-state index is 4.81. The number of nitrogens with zero attached hydrogens (tertiary/aromatic N) is 4. The molecule has 1 aromatic carbocycles. The number of nitrogens with one attached hydrogen (secondary N) is 3. The Morgan fingerprint density at radius 2 is 2.21 bits per heavy atom. The second kappa shape index (κ2) is 10.1. The lowest BCUT2D eigenvalue weighted by atomic mass is 10.1. The summed E-state index contributed by atoms with van der Waals surface area (Å²) in [5.41, 5.74) is 3.96. The molecule has 3 N–H and O–H groups in total. The zero-order valence-corrected chi connectivity index (χ0v) is 19.4. The summed E-state index contributed by atoms with van der Waals surface area (Å²) in [4.78, 5) is 12.6. The smallest absolute Gasteiger partial charge is 0.191 e. The lowest BCUT2D eigenvalue weighted by Gasteiger charge is -2.25. The van der Waals surface area contributed by atoms with Crippen molar-refractivity contribution in [2.45, 2.75) is 52.1 Å². The molecule has 3 heterocycles. The van der Waals surface area contributed by atoms with Crippen LogP contribution in [0.25, 0.3) is 10.9 Å². The SMILES string of the molecule is CCNC(=NCCc1c[nH]c2c(CC)cccc12)NC1CCc2ncnn2C1.I. The van der Waals surface area contributed by atoms with Crippen molar-refractivity contribution < 1.29 is 0 Å². The number of aryl methyl sites for hydroxylation is 2. The van der Waals surface area contributed by atoms with Crippen LogP contribution in [0.5, 0.6) is 0 Å². The minimum absolute atomic E-state index is 0. The number of rotatable bonds is 6. The highest BCUT2D eigenvalue weighted by atomic mass is 127. The molecule has 1 atom stereocenters. The molecule has 1 aliphatic rings. The molecular weight excluding hydrogens is 477 g/mol. The quantitative estimate of drug-likeness (QED) is 0.272. The number of aromatic nitrogens is 4. The molecule has 1 aliphatic heterocycles. The number of aliphatic imine (C=N–C) groups is 1. The highest BCUT2D eigenvalue weighted by Gasteiger charge is 2.20. The first-order valence-corrected chi connectivity index (χ1v) is 10.3. The van der Waals surface area contributed by atoms with Crippen molar-refractivity contribution in [3.8, 4) is 0 Å². The van der Waals surface area contributed by atoms with Gasteiger partial charge in [0.2, 0.25) is 0 Å². The number of para-hydroxylation sites is 1. The van der Waals surface area contributed by atoms with E-state index in [4.69, 9.17) is 4.99 Å². The van der Waals surface area contributed by atoms with Crippen LogP contribution in [0.3, 0.4) is 0 Å². The molecule has 2 aromatic heterocycles. The second-order valence-electron chi connectivity index (χ2n) is 7.26. The van der Waals surface area contributed by atoms with Crippen molar-refractivity contribution in [1.29, 1.82) is 0 Å². The highest BCUT2D eigenvalue weighted by molar-refractivity contribution is 14.0. The van der Waals surface area contributed by atoms with Crippen LogP contribution in [0.15, 0.2) is 35.7 Å². The van der Waals surface area contributed by atoms with E-state index in [9.17, 15) is 0 Å².